The number of pyridine rings is 1. The van der Waals surface area contributed by atoms with E-state index in [-0.39, 0.29) is 12.4 Å². The maximum atomic E-state index is 14.1. The number of halogens is 2. The molecule has 0 aliphatic rings. The quantitative estimate of drug-likeness (QED) is 0.940. The number of anilines is 1. The number of hydrogen-bond donors (Lipinski definition) is 1. The first-order valence-corrected chi connectivity index (χ1v) is 6.70. The van der Waals surface area contributed by atoms with Crippen molar-refractivity contribution in [1.29, 1.82) is 0 Å². The van der Waals surface area contributed by atoms with Crippen LogP contribution in [0.2, 0.25) is 0 Å². The molecule has 1 heterocycles. The Labute approximate surface area is 120 Å². The second-order valence-corrected chi connectivity index (χ2v) is 5.11. The molecular formula is C14H15BrFN3. The van der Waals surface area contributed by atoms with Gasteiger partial charge in [0, 0.05) is 36.4 Å². The summed E-state index contributed by atoms with van der Waals surface area (Å²) in [6.07, 6.45) is 1.58. The van der Waals surface area contributed by atoms with Gasteiger partial charge in [-0.15, -0.1) is 0 Å². The Morgan fingerprint density at radius 3 is 2.68 bits per heavy atom. The Morgan fingerprint density at radius 2 is 2.00 bits per heavy atom. The largest absolute Gasteiger partial charge is 0.353 e. The summed E-state index contributed by atoms with van der Waals surface area (Å²) in [4.78, 5) is 5.87. The summed E-state index contributed by atoms with van der Waals surface area (Å²) in [6.45, 7) is 0.740. The number of nitrogens with two attached hydrogens (primary N) is 1. The molecule has 3 nitrogen and oxygen atoms in total. The third-order valence-corrected chi connectivity index (χ3v) is 3.67. The van der Waals surface area contributed by atoms with E-state index in [2.05, 4.69) is 20.9 Å². The topological polar surface area (TPSA) is 42.2 Å². The van der Waals surface area contributed by atoms with Crippen LogP contribution in [-0.2, 0) is 13.1 Å². The summed E-state index contributed by atoms with van der Waals surface area (Å²) < 4.78 is 15.1. The maximum Gasteiger partial charge on any atom is 0.170 e. The van der Waals surface area contributed by atoms with E-state index >= 15 is 0 Å². The van der Waals surface area contributed by atoms with E-state index in [9.17, 15) is 4.39 Å². The molecule has 0 atom stereocenters. The molecule has 0 aliphatic carbocycles. The molecule has 0 aliphatic heterocycles. The first kappa shape index (κ1) is 14.0. The van der Waals surface area contributed by atoms with Crippen molar-refractivity contribution in [2.24, 2.45) is 5.73 Å². The highest BCUT2D eigenvalue weighted by Gasteiger charge is 2.13. The first-order valence-electron chi connectivity index (χ1n) is 5.91. The monoisotopic (exact) mass is 323 g/mol. The van der Waals surface area contributed by atoms with Crippen LogP contribution >= 0.6 is 15.9 Å². The van der Waals surface area contributed by atoms with Crippen molar-refractivity contribution < 1.29 is 4.39 Å². The van der Waals surface area contributed by atoms with E-state index in [1.54, 1.807) is 17.2 Å². The van der Waals surface area contributed by atoms with Gasteiger partial charge >= 0.3 is 0 Å². The lowest BCUT2D eigenvalue weighted by molar-refractivity contribution is 0.598. The molecule has 100 valence electrons. The summed E-state index contributed by atoms with van der Waals surface area (Å²) in [7, 11) is 1.81. The van der Waals surface area contributed by atoms with E-state index in [0.29, 0.717) is 17.9 Å². The van der Waals surface area contributed by atoms with Crippen LogP contribution in [0, 0.1) is 5.82 Å². The molecule has 5 heteroatoms. The number of hydrogen-bond acceptors (Lipinski definition) is 3. The molecule has 0 unspecified atom stereocenters. The van der Waals surface area contributed by atoms with Crippen molar-refractivity contribution >= 4 is 21.7 Å². The normalized spacial score (nSPS) is 10.5. The Morgan fingerprint density at radius 1 is 1.26 bits per heavy atom. The maximum absolute atomic E-state index is 14.1. The number of aromatic nitrogens is 1. The predicted octanol–water partition coefficient (Wildman–Crippen LogP) is 3.08. The van der Waals surface area contributed by atoms with Gasteiger partial charge in [0.2, 0.25) is 0 Å². The van der Waals surface area contributed by atoms with Crippen molar-refractivity contribution in [2.45, 2.75) is 13.1 Å². The summed E-state index contributed by atoms with van der Waals surface area (Å²) in [6, 6.07) is 9.45. The number of benzene rings is 1. The van der Waals surface area contributed by atoms with Crippen LogP contribution in [0.3, 0.4) is 0 Å². The van der Waals surface area contributed by atoms with Gasteiger partial charge in [-0.05, 0) is 17.7 Å². The Bertz CT molecular complexity index is 574. The molecule has 0 amide bonds. The molecule has 1 aromatic heterocycles. The van der Waals surface area contributed by atoms with E-state index in [4.69, 9.17) is 5.73 Å². The zero-order chi connectivity index (χ0) is 13.8. The van der Waals surface area contributed by atoms with Crippen molar-refractivity contribution in [1.82, 2.24) is 4.98 Å². The molecule has 0 spiro atoms. The smallest absolute Gasteiger partial charge is 0.170 e. The van der Waals surface area contributed by atoms with E-state index < -0.39 is 0 Å². The highest BCUT2D eigenvalue weighted by atomic mass is 79.9. The summed E-state index contributed by atoms with van der Waals surface area (Å²) in [5, 5.41) is 0. The van der Waals surface area contributed by atoms with E-state index in [1.165, 1.54) is 0 Å². The van der Waals surface area contributed by atoms with Gasteiger partial charge in [0.25, 0.3) is 0 Å². The first-order chi connectivity index (χ1) is 9.13. The summed E-state index contributed by atoms with van der Waals surface area (Å²) >= 11 is 3.48. The van der Waals surface area contributed by atoms with Crippen molar-refractivity contribution in [3.05, 3.63) is 57.9 Å². The van der Waals surface area contributed by atoms with Gasteiger partial charge in [-0.2, -0.15) is 0 Å². The van der Waals surface area contributed by atoms with Crippen LogP contribution in [0.25, 0.3) is 0 Å². The summed E-state index contributed by atoms with van der Waals surface area (Å²) in [5.41, 5.74) is 7.05. The van der Waals surface area contributed by atoms with Crippen LogP contribution in [0.15, 0.2) is 41.0 Å². The van der Waals surface area contributed by atoms with Gasteiger partial charge in [0.1, 0.15) is 0 Å². The van der Waals surface area contributed by atoms with Gasteiger partial charge in [-0.25, -0.2) is 9.37 Å². The SMILES string of the molecule is CN(Cc1ccccc1Br)c1nccc(CN)c1F. The van der Waals surface area contributed by atoms with Crippen molar-refractivity contribution in [3.63, 3.8) is 0 Å². The number of nitrogens with zero attached hydrogens (tertiary/aromatic N) is 2. The van der Waals surface area contributed by atoms with E-state index in [1.807, 2.05) is 31.3 Å². The van der Waals surface area contributed by atoms with Crippen molar-refractivity contribution in [3.8, 4) is 0 Å². The average molecular weight is 324 g/mol. The van der Waals surface area contributed by atoms with Crippen LogP contribution in [0.5, 0.6) is 0 Å². The van der Waals surface area contributed by atoms with Gasteiger partial charge in [-0.1, -0.05) is 34.1 Å². The molecule has 1 aromatic carbocycles. The lowest BCUT2D eigenvalue weighted by atomic mass is 10.2. The standard InChI is InChI=1S/C14H15BrFN3/c1-19(9-11-4-2-3-5-12(11)15)14-13(16)10(8-17)6-7-18-14/h2-7H,8-9,17H2,1H3. The fraction of sp³-hybridized carbons (Fsp3) is 0.214. The van der Waals surface area contributed by atoms with Crippen LogP contribution in [0.1, 0.15) is 11.1 Å². The Hall–Kier alpha value is -1.46. The van der Waals surface area contributed by atoms with Gasteiger partial charge in [0.05, 0.1) is 0 Å². The van der Waals surface area contributed by atoms with Gasteiger partial charge in [-0.3, -0.25) is 0 Å². The Kier molecular flexibility index (Phi) is 4.50. The second-order valence-electron chi connectivity index (χ2n) is 4.26. The minimum Gasteiger partial charge on any atom is -0.353 e. The fourth-order valence-electron chi connectivity index (χ4n) is 1.85. The van der Waals surface area contributed by atoms with Crippen LogP contribution < -0.4 is 10.6 Å². The molecule has 0 fully saturated rings. The average Bonchev–Trinajstić information content (AvgIpc) is 2.41. The second kappa shape index (κ2) is 6.12. The minimum absolute atomic E-state index is 0.171. The highest BCUT2D eigenvalue weighted by molar-refractivity contribution is 9.10. The third-order valence-electron chi connectivity index (χ3n) is 2.90. The van der Waals surface area contributed by atoms with Gasteiger partial charge < -0.3 is 10.6 Å². The number of rotatable bonds is 4. The third kappa shape index (κ3) is 3.11. The van der Waals surface area contributed by atoms with Gasteiger partial charge in [0.15, 0.2) is 11.6 Å². The molecule has 0 bridgehead atoms. The summed E-state index contributed by atoms with van der Waals surface area (Å²) in [5.74, 6) is -0.0294. The molecular weight excluding hydrogens is 309 g/mol. The lowest BCUT2D eigenvalue weighted by Crippen LogP contribution is -2.20. The highest BCUT2D eigenvalue weighted by Crippen LogP contribution is 2.22. The fourth-order valence-corrected chi connectivity index (χ4v) is 2.26. The minimum atomic E-state index is -0.348. The zero-order valence-corrected chi connectivity index (χ0v) is 12.2. The zero-order valence-electron chi connectivity index (χ0n) is 10.6. The molecule has 19 heavy (non-hydrogen) atoms. The molecule has 2 N–H and O–H groups in total. The molecule has 2 rings (SSSR count). The van der Waals surface area contributed by atoms with Crippen LogP contribution in [-0.4, -0.2) is 12.0 Å². The van der Waals surface area contributed by atoms with Crippen LogP contribution in [0.4, 0.5) is 10.2 Å². The molecule has 2 aromatic rings. The predicted molar refractivity (Wildman–Crippen MR) is 78.3 cm³/mol. The van der Waals surface area contributed by atoms with Crippen molar-refractivity contribution in [2.75, 3.05) is 11.9 Å². The molecule has 0 radical (unpaired) electrons. The van der Waals surface area contributed by atoms with E-state index in [0.717, 1.165) is 10.0 Å². The molecule has 0 saturated heterocycles. The lowest BCUT2D eigenvalue weighted by Gasteiger charge is -2.20. The molecule has 0 saturated carbocycles. The Balaban J connectivity index is 2.26.